The van der Waals surface area contributed by atoms with Gasteiger partial charge in [-0.15, -0.1) is 0 Å². The Balaban J connectivity index is 1.44. The predicted octanol–water partition coefficient (Wildman–Crippen LogP) is 4.30. The number of benzene rings is 2. The van der Waals surface area contributed by atoms with E-state index in [-0.39, 0.29) is 42.3 Å². The van der Waals surface area contributed by atoms with Crippen LogP contribution in [0, 0.1) is 11.6 Å². The highest BCUT2D eigenvalue weighted by molar-refractivity contribution is 6.30. The fourth-order valence-corrected chi connectivity index (χ4v) is 4.47. The lowest BCUT2D eigenvalue weighted by Crippen LogP contribution is -2.39. The van der Waals surface area contributed by atoms with Crippen molar-refractivity contribution in [2.45, 2.75) is 31.7 Å². The van der Waals surface area contributed by atoms with Crippen molar-refractivity contribution in [3.05, 3.63) is 87.7 Å². The Kier molecular flexibility index (Phi) is 8.10. The lowest BCUT2D eigenvalue weighted by atomic mass is 9.90. The van der Waals surface area contributed by atoms with E-state index < -0.39 is 11.6 Å². The molecule has 3 aromatic rings. The molecule has 2 aromatic carbocycles. The molecule has 1 aliphatic rings. The van der Waals surface area contributed by atoms with Gasteiger partial charge < -0.3 is 15.0 Å². The van der Waals surface area contributed by atoms with Gasteiger partial charge in [-0.3, -0.25) is 9.59 Å². The average Bonchev–Trinajstić information content (AvgIpc) is 2.89. The van der Waals surface area contributed by atoms with E-state index >= 15 is 0 Å². The van der Waals surface area contributed by atoms with Crippen molar-refractivity contribution in [3.63, 3.8) is 0 Å². The van der Waals surface area contributed by atoms with Crippen molar-refractivity contribution in [2.75, 3.05) is 20.2 Å². The number of rotatable bonds is 7. The molecule has 2 heterocycles. The molecule has 0 atom stereocenters. The van der Waals surface area contributed by atoms with Gasteiger partial charge in [-0.25, -0.2) is 13.8 Å². The van der Waals surface area contributed by atoms with Crippen LogP contribution in [0.3, 0.4) is 0 Å². The lowest BCUT2D eigenvalue weighted by molar-refractivity contribution is -0.131. The number of halogens is 3. The number of methoxy groups -OCH3 is 1. The van der Waals surface area contributed by atoms with Crippen LogP contribution in [0.25, 0.3) is 0 Å². The molecule has 1 N–H and O–H groups in total. The van der Waals surface area contributed by atoms with Crippen molar-refractivity contribution >= 4 is 23.4 Å². The van der Waals surface area contributed by atoms with E-state index in [0.29, 0.717) is 42.2 Å². The summed E-state index contributed by atoms with van der Waals surface area (Å²) in [6.07, 6.45) is 2.15. The zero-order valence-corrected chi connectivity index (χ0v) is 20.4. The second kappa shape index (κ2) is 11.4. The number of aromatic nitrogens is 2. The predicted molar refractivity (Wildman–Crippen MR) is 130 cm³/mol. The van der Waals surface area contributed by atoms with E-state index in [1.54, 1.807) is 23.1 Å². The minimum Gasteiger partial charge on any atom is -0.467 e. The Morgan fingerprint density at radius 1 is 1.14 bits per heavy atom. The number of nitrogens with zero attached hydrogens (tertiary/aromatic N) is 3. The molecular formula is C26H25ClF2N4O3. The highest BCUT2D eigenvalue weighted by Crippen LogP contribution is 2.30. The fraction of sp³-hybridized carbons (Fsp3) is 0.308. The Bertz CT molecular complexity index is 1250. The van der Waals surface area contributed by atoms with Crippen molar-refractivity contribution in [3.8, 4) is 6.01 Å². The first-order valence-electron chi connectivity index (χ1n) is 11.5. The number of nitrogens with one attached hydrogen (secondary N) is 1. The van der Waals surface area contributed by atoms with E-state index in [2.05, 4.69) is 15.3 Å². The molecule has 188 valence electrons. The molecule has 10 heteroatoms. The number of hydrogen-bond acceptors (Lipinski definition) is 5. The highest BCUT2D eigenvalue weighted by atomic mass is 35.5. The third-order valence-electron chi connectivity index (χ3n) is 6.19. The second-order valence-corrected chi connectivity index (χ2v) is 8.94. The first-order valence-corrected chi connectivity index (χ1v) is 11.9. The van der Waals surface area contributed by atoms with Gasteiger partial charge >= 0.3 is 6.01 Å². The molecule has 1 saturated heterocycles. The summed E-state index contributed by atoms with van der Waals surface area (Å²) in [5.74, 6) is -2.28. The molecule has 0 aliphatic carbocycles. The van der Waals surface area contributed by atoms with Gasteiger partial charge in [0.15, 0.2) is 0 Å². The van der Waals surface area contributed by atoms with Crippen LogP contribution >= 0.6 is 11.6 Å². The van der Waals surface area contributed by atoms with Gasteiger partial charge in [-0.2, -0.15) is 4.98 Å². The number of hydrogen-bond donors (Lipinski definition) is 1. The Morgan fingerprint density at radius 3 is 2.50 bits per heavy atom. The van der Waals surface area contributed by atoms with Crippen LogP contribution in [0.4, 0.5) is 8.78 Å². The first-order chi connectivity index (χ1) is 17.4. The Labute approximate surface area is 212 Å². The number of carbonyl (C=O) groups is 2. The SMILES string of the molecule is COc1ncc(C(=O)NCc2cccc(Cl)c2)c(C2CCN(C(=O)Cc3c(F)cccc3F)CC2)n1. The van der Waals surface area contributed by atoms with Crippen LogP contribution in [0.1, 0.15) is 45.9 Å². The van der Waals surface area contributed by atoms with E-state index in [0.717, 1.165) is 17.7 Å². The van der Waals surface area contributed by atoms with Crippen molar-refractivity contribution in [2.24, 2.45) is 0 Å². The van der Waals surface area contributed by atoms with Crippen molar-refractivity contribution < 1.29 is 23.1 Å². The molecule has 0 bridgehead atoms. The molecule has 0 unspecified atom stereocenters. The molecule has 2 amide bonds. The molecule has 1 aliphatic heterocycles. The summed E-state index contributed by atoms with van der Waals surface area (Å²) in [4.78, 5) is 35.8. The van der Waals surface area contributed by atoms with Crippen LogP contribution < -0.4 is 10.1 Å². The van der Waals surface area contributed by atoms with Gasteiger partial charge in [0.2, 0.25) is 5.91 Å². The van der Waals surface area contributed by atoms with Gasteiger partial charge in [-0.1, -0.05) is 29.8 Å². The van der Waals surface area contributed by atoms with Crippen molar-refractivity contribution in [1.82, 2.24) is 20.2 Å². The first kappa shape index (κ1) is 25.5. The Hall–Kier alpha value is -3.59. The van der Waals surface area contributed by atoms with Gasteiger partial charge in [0, 0.05) is 42.3 Å². The van der Waals surface area contributed by atoms with Crippen LogP contribution in [0.15, 0.2) is 48.7 Å². The summed E-state index contributed by atoms with van der Waals surface area (Å²) < 4.78 is 33.1. The largest absolute Gasteiger partial charge is 0.467 e. The monoisotopic (exact) mass is 514 g/mol. The molecule has 0 saturated carbocycles. The van der Waals surface area contributed by atoms with Crippen LogP contribution in [-0.4, -0.2) is 46.9 Å². The molecule has 0 radical (unpaired) electrons. The van der Waals surface area contributed by atoms with Crippen LogP contribution in [0.5, 0.6) is 6.01 Å². The number of carbonyl (C=O) groups excluding carboxylic acids is 2. The number of likely N-dealkylation sites (tertiary alicyclic amines) is 1. The molecule has 7 nitrogen and oxygen atoms in total. The van der Waals surface area contributed by atoms with E-state index in [9.17, 15) is 18.4 Å². The average molecular weight is 515 g/mol. The maximum Gasteiger partial charge on any atom is 0.316 e. The van der Waals surface area contributed by atoms with E-state index in [1.165, 1.54) is 19.4 Å². The lowest BCUT2D eigenvalue weighted by Gasteiger charge is -2.32. The summed E-state index contributed by atoms with van der Waals surface area (Å²) in [7, 11) is 1.45. The van der Waals surface area contributed by atoms with Gasteiger partial charge in [0.25, 0.3) is 5.91 Å². The van der Waals surface area contributed by atoms with Crippen LogP contribution in [-0.2, 0) is 17.8 Å². The smallest absolute Gasteiger partial charge is 0.316 e. The Morgan fingerprint density at radius 2 is 1.83 bits per heavy atom. The standard InChI is InChI=1S/C26H25ClF2N4O3/c1-36-26-31-15-20(25(35)30-14-16-4-2-5-18(27)12-16)24(32-26)17-8-10-33(11-9-17)23(34)13-19-21(28)6-3-7-22(19)29/h2-7,12,15,17H,8-11,13-14H2,1H3,(H,30,35). The fourth-order valence-electron chi connectivity index (χ4n) is 4.25. The highest BCUT2D eigenvalue weighted by Gasteiger charge is 2.29. The van der Waals surface area contributed by atoms with Crippen molar-refractivity contribution in [1.29, 1.82) is 0 Å². The molecular weight excluding hydrogens is 490 g/mol. The van der Waals surface area contributed by atoms with Gasteiger partial charge in [0.05, 0.1) is 24.8 Å². The minimum absolute atomic E-state index is 0.122. The third kappa shape index (κ3) is 5.96. The third-order valence-corrected chi connectivity index (χ3v) is 6.42. The van der Waals surface area contributed by atoms with E-state index in [1.807, 2.05) is 6.07 Å². The second-order valence-electron chi connectivity index (χ2n) is 8.50. The number of piperidine rings is 1. The summed E-state index contributed by atoms with van der Waals surface area (Å²) in [5.41, 5.74) is 1.49. The molecule has 4 rings (SSSR count). The van der Waals surface area contributed by atoms with E-state index in [4.69, 9.17) is 16.3 Å². The summed E-state index contributed by atoms with van der Waals surface area (Å²) >= 11 is 6.02. The van der Waals surface area contributed by atoms with Crippen LogP contribution in [0.2, 0.25) is 5.02 Å². The quantitative estimate of drug-likeness (QED) is 0.508. The maximum absolute atomic E-state index is 14.0. The summed E-state index contributed by atoms with van der Waals surface area (Å²) in [6, 6.07) is 10.9. The summed E-state index contributed by atoms with van der Waals surface area (Å²) in [5, 5.41) is 3.45. The zero-order chi connectivity index (χ0) is 25.7. The summed E-state index contributed by atoms with van der Waals surface area (Å²) in [6.45, 7) is 1.02. The van der Waals surface area contributed by atoms with Gasteiger partial charge in [-0.05, 0) is 42.7 Å². The maximum atomic E-state index is 14.0. The molecule has 1 fully saturated rings. The van der Waals surface area contributed by atoms with Gasteiger partial charge in [0.1, 0.15) is 11.6 Å². The molecule has 36 heavy (non-hydrogen) atoms. The number of amides is 2. The zero-order valence-electron chi connectivity index (χ0n) is 19.6. The topological polar surface area (TPSA) is 84.4 Å². The number of ether oxygens (including phenoxy) is 1. The molecule has 0 spiro atoms. The minimum atomic E-state index is -0.736. The normalized spacial score (nSPS) is 13.9. The molecule has 1 aromatic heterocycles.